The van der Waals surface area contributed by atoms with Crippen LogP contribution >= 0.6 is 0 Å². The molecule has 84 valence electrons. The van der Waals surface area contributed by atoms with Crippen LogP contribution in [0.4, 0.5) is 0 Å². The summed E-state index contributed by atoms with van der Waals surface area (Å²) in [6, 6.07) is 3.16. The Morgan fingerprint density at radius 1 is 0.867 bits per heavy atom. The van der Waals surface area contributed by atoms with Crippen LogP contribution in [0.2, 0.25) is 0 Å². The summed E-state index contributed by atoms with van der Waals surface area (Å²) in [4.78, 5) is 11.5. The highest BCUT2D eigenvalue weighted by molar-refractivity contribution is 5.17. The molecule has 0 bridgehead atoms. The fourth-order valence-corrected chi connectivity index (χ4v) is 1.22. The maximum absolute atomic E-state index is 11.5. The summed E-state index contributed by atoms with van der Waals surface area (Å²) in [6.07, 6.45) is 0. The van der Waals surface area contributed by atoms with Gasteiger partial charge in [-0.05, 0) is 0 Å². The highest BCUT2D eigenvalue weighted by Gasteiger charge is 2.22. The van der Waals surface area contributed by atoms with E-state index in [1.54, 1.807) is 12.1 Å². The van der Waals surface area contributed by atoms with Gasteiger partial charge in [0.15, 0.2) is 5.43 Å². The van der Waals surface area contributed by atoms with Crippen LogP contribution in [0, 0.1) is 0 Å². The van der Waals surface area contributed by atoms with Crippen molar-refractivity contribution in [3.05, 3.63) is 33.9 Å². The molecule has 0 amide bonds. The highest BCUT2D eigenvalue weighted by Crippen LogP contribution is 2.26. The van der Waals surface area contributed by atoms with E-state index in [9.17, 15) is 4.79 Å². The zero-order chi connectivity index (χ0) is 11.9. The lowest BCUT2D eigenvalue weighted by atomic mass is 9.90. The third kappa shape index (κ3) is 2.95. The molecule has 0 N–H and O–H groups in total. The molecule has 0 aromatic carbocycles. The van der Waals surface area contributed by atoms with Crippen LogP contribution in [-0.2, 0) is 10.8 Å². The fraction of sp³-hybridized carbons (Fsp3) is 0.615. The zero-order valence-electron chi connectivity index (χ0n) is 10.5. The van der Waals surface area contributed by atoms with Gasteiger partial charge in [0, 0.05) is 23.0 Å². The predicted octanol–water partition coefficient (Wildman–Crippen LogP) is 3.23. The minimum Gasteiger partial charge on any atom is -0.465 e. The molecule has 2 nitrogen and oxygen atoms in total. The van der Waals surface area contributed by atoms with Crippen LogP contribution in [0.3, 0.4) is 0 Å². The molecule has 1 rings (SSSR count). The summed E-state index contributed by atoms with van der Waals surface area (Å²) >= 11 is 0. The van der Waals surface area contributed by atoms with Gasteiger partial charge in [0.1, 0.15) is 11.5 Å². The smallest absolute Gasteiger partial charge is 0.185 e. The van der Waals surface area contributed by atoms with Crippen LogP contribution in [0.25, 0.3) is 0 Å². The Labute approximate surface area is 91.3 Å². The van der Waals surface area contributed by atoms with Crippen molar-refractivity contribution >= 4 is 0 Å². The predicted molar refractivity (Wildman–Crippen MR) is 62.4 cm³/mol. The van der Waals surface area contributed by atoms with Crippen LogP contribution in [0.5, 0.6) is 0 Å². The molecule has 0 atom stereocenters. The van der Waals surface area contributed by atoms with Gasteiger partial charge in [-0.2, -0.15) is 0 Å². The summed E-state index contributed by atoms with van der Waals surface area (Å²) in [5, 5.41) is 0. The highest BCUT2D eigenvalue weighted by atomic mass is 16.3. The number of rotatable bonds is 0. The van der Waals surface area contributed by atoms with Crippen molar-refractivity contribution in [2.75, 3.05) is 0 Å². The normalized spacial score (nSPS) is 12.9. The summed E-state index contributed by atoms with van der Waals surface area (Å²) in [6.45, 7) is 12.2. The Morgan fingerprint density at radius 2 is 1.20 bits per heavy atom. The summed E-state index contributed by atoms with van der Waals surface area (Å²) in [5.74, 6) is 1.50. The maximum Gasteiger partial charge on any atom is 0.185 e. The van der Waals surface area contributed by atoms with E-state index in [4.69, 9.17) is 4.42 Å². The first-order chi connectivity index (χ1) is 6.60. The first kappa shape index (κ1) is 12.0. The van der Waals surface area contributed by atoms with E-state index in [1.165, 1.54) is 0 Å². The third-order valence-corrected chi connectivity index (χ3v) is 2.25. The minimum absolute atomic E-state index is 0.0242. The first-order valence-electron chi connectivity index (χ1n) is 5.27. The van der Waals surface area contributed by atoms with Crippen molar-refractivity contribution in [2.45, 2.75) is 52.4 Å². The zero-order valence-corrected chi connectivity index (χ0v) is 10.5. The Hall–Kier alpha value is -1.05. The molecule has 0 radical (unpaired) electrons. The van der Waals surface area contributed by atoms with Gasteiger partial charge in [-0.25, -0.2) is 0 Å². The first-order valence-corrected chi connectivity index (χ1v) is 5.27. The standard InChI is InChI=1S/C13H20O2/c1-12(2,3)10-7-9(14)8-11(15-10)13(4,5)6/h7-8H,1-6H3. The largest absolute Gasteiger partial charge is 0.465 e. The van der Waals surface area contributed by atoms with Crippen LogP contribution in [0.1, 0.15) is 53.1 Å². The summed E-state index contributed by atoms with van der Waals surface area (Å²) < 4.78 is 5.79. The van der Waals surface area contributed by atoms with Gasteiger partial charge in [0.05, 0.1) is 0 Å². The van der Waals surface area contributed by atoms with E-state index in [2.05, 4.69) is 0 Å². The molecule has 0 unspecified atom stereocenters. The van der Waals surface area contributed by atoms with Gasteiger partial charge < -0.3 is 4.42 Å². The van der Waals surface area contributed by atoms with Crippen molar-refractivity contribution in [3.8, 4) is 0 Å². The summed E-state index contributed by atoms with van der Waals surface area (Å²) in [7, 11) is 0. The number of hydrogen-bond donors (Lipinski definition) is 0. The molecule has 1 aromatic rings. The van der Waals surface area contributed by atoms with Crippen molar-refractivity contribution in [1.82, 2.24) is 0 Å². The van der Waals surface area contributed by atoms with E-state index in [0.29, 0.717) is 0 Å². The quantitative estimate of drug-likeness (QED) is 0.655. The summed E-state index contributed by atoms with van der Waals surface area (Å²) in [5.41, 5.74) is -0.225. The molecule has 2 heteroatoms. The SMILES string of the molecule is CC(C)(C)c1cc(=O)cc(C(C)(C)C)o1. The van der Waals surface area contributed by atoms with E-state index < -0.39 is 0 Å². The Morgan fingerprint density at radius 3 is 1.47 bits per heavy atom. The molecule has 0 saturated carbocycles. The van der Waals surface area contributed by atoms with Crippen LogP contribution in [-0.4, -0.2) is 0 Å². The minimum atomic E-state index is -0.125. The van der Waals surface area contributed by atoms with Gasteiger partial charge in [-0.15, -0.1) is 0 Å². The topological polar surface area (TPSA) is 30.2 Å². The lowest BCUT2D eigenvalue weighted by Gasteiger charge is -2.22. The Kier molecular flexibility index (Phi) is 2.81. The molecule has 0 aliphatic rings. The second-order valence-electron chi connectivity index (χ2n) is 6.02. The van der Waals surface area contributed by atoms with Crippen molar-refractivity contribution in [2.24, 2.45) is 0 Å². The second kappa shape index (κ2) is 3.51. The lowest BCUT2D eigenvalue weighted by Crippen LogP contribution is -2.20. The Bertz CT molecular complexity index is 365. The van der Waals surface area contributed by atoms with Gasteiger partial charge in [-0.3, -0.25) is 4.79 Å². The molecule has 1 aromatic heterocycles. The molecule has 0 spiro atoms. The van der Waals surface area contributed by atoms with Crippen molar-refractivity contribution < 1.29 is 4.42 Å². The van der Waals surface area contributed by atoms with Crippen LogP contribution < -0.4 is 5.43 Å². The fourth-order valence-electron chi connectivity index (χ4n) is 1.22. The van der Waals surface area contributed by atoms with E-state index in [0.717, 1.165) is 11.5 Å². The third-order valence-electron chi connectivity index (χ3n) is 2.25. The van der Waals surface area contributed by atoms with E-state index in [-0.39, 0.29) is 16.3 Å². The molecular formula is C13H20O2. The van der Waals surface area contributed by atoms with E-state index >= 15 is 0 Å². The average molecular weight is 208 g/mol. The molecule has 15 heavy (non-hydrogen) atoms. The van der Waals surface area contributed by atoms with Crippen molar-refractivity contribution in [1.29, 1.82) is 0 Å². The molecule has 0 aliphatic heterocycles. The number of hydrogen-bond acceptors (Lipinski definition) is 2. The second-order valence-corrected chi connectivity index (χ2v) is 6.02. The van der Waals surface area contributed by atoms with Gasteiger partial charge in [0.2, 0.25) is 0 Å². The lowest BCUT2D eigenvalue weighted by molar-refractivity contribution is 0.327. The van der Waals surface area contributed by atoms with Gasteiger partial charge in [0.25, 0.3) is 0 Å². The van der Waals surface area contributed by atoms with Gasteiger partial charge in [-0.1, -0.05) is 41.5 Å². The Balaban J connectivity index is 3.36. The molecular weight excluding hydrogens is 188 g/mol. The maximum atomic E-state index is 11.5. The van der Waals surface area contributed by atoms with Crippen molar-refractivity contribution in [3.63, 3.8) is 0 Å². The molecule has 0 saturated heterocycles. The van der Waals surface area contributed by atoms with E-state index in [1.807, 2.05) is 41.5 Å². The molecule has 0 aliphatic carbocycles. The average Bonchev–Trinajstić information content (AvgIpc) is 1.99. The molecule has 0 fully saturated rings. The molecule has 1 heterocycles. The van der Waals surface area contributed by atoms with Crippen LogP contribution in [0.15, 0.2) is 21.3 Å². The van der Waals surface area contributed by atoms with Gasteiger partial charge >= 0.3 is 0 Å². The monoisotopic (exact) mass is 208 g/mol.